The van der Waals surface area contributed by atoms with E-state index in [4.69, 9.17) is 9.47 Å². The number of urea groups is 1. The van der Waals surface area contributed by atoms with Crippen molar-refractivity contribution in [3.05, 3.63) is 58.2 Å². The van der Waals surface area contributed by atoms with Crippen molar-refractivity contribution in [1.82, 2.24) is 5.32 Å². The number of benzene rings is 2. The lowest BCUT2D eigenvalue weighted by Gasteiger charge is -2.12. The van der Waals surface area contributed by atoms with E-state index in [2.05, 4.69) is 21.2 Å². The van der Waals surface area contributed by atoms with Gasteiger partial charge < -0.3 is 14.8 Å². The topological polar surface area (TPSA) is 67.9 Å². The Labute approximate surface area is 159 Å². The second-order valence-electron chi connectivity index (χ2n) is 5.42. The number of hydrogen-bond donors (Lipinski definition) is 1. The van der Waals surface area contributed by atoms with E-state index in [0.29, 0.717) is 29.4 Å². The number of imide groups is 1. The van der Waals surface area contributed by atoms with E-state index < -0.39 is 11.9 Å². The third kappa shape index (κ3) is 3.43. The minimum Gasteiger partial charge on any atom is -0.493 e. The van der Waals surface area contributed by atoms with Gasteiger partial charge in [-0.25, -0.2) is 9.69 Å². The molecule has 1 aliphatic heterocycles. The molecule has 1 aliphatic rings. The summed E-state index contributed by atoms with van der Waals surface area (Å²) in [7, 11) is 1.54. The smallest absolute Gasteiger partial charge is 0.333 e. The van der Waals surface area contributed by atoms with Crippen LogP contribution in [0.1, 0.15) is 12.5 Å². The van der Waals surface area contributed by atoms with Crippen molar-refractivity contribution in [3.63, 3.8) is 0 Å². The Kier molecular flexibility index (Phi) is 5.27. The molecule has 3 amide bonds. The molecular formula is C19H17BrN2O4. The van der Waals surface area contributed by atoms with Crippen LogP contribution in [0.4, 0.5) is 10.5 Å². The maximum absolute atomic E-state index is 12.7. The fraction of sp³-hybridized carbons (Fsp3) is 0.158. The molecule has 3 rings (SSSR count). The zero-order valence-corrected chi connectivity index (χ0v) is 15.9. The average Bonchev–Trinajstić information content (AvgIpc) is 2.91. The Balaban J connectivity index is 1.96. The second-order valence-corrected chi connectivity index (χ2v) is 6.28. The first-order valence-electron chi connectivity index (χ1n) is 7.97. The molecule has 0 radical (unpaired) electrons. The highest BCUT2D eigenvalue weighted by atomic mass is 79.9. The minimum absolute atomic E-state index is 0.186. The number of hydrogen-bond acceptors (Lipinski definition) is 4. The Morgan fingerprint density at radius 2 is 1.88 bits per heavy atom. The van der Waals surface area contributed by atoms with Gasteiger partial charge in [0.05, 0.1) is 19.4 Å². The number of amides is 3. The van der Waals surface area contributed by atoms with E-state index in [0.717, 1.165) is 9.37 Å². The van der Waals surface area contributed by atoms with Crippen molar-refractivity contribution in [1.29, 1.82) is 0 Å². The first kappa shape index (κ1) is 18.0. The number of carbonyl (C=O) groups excluding carboxylic acids is 2. The first-order valence-corrected chi connectivity index (χ1v) is 8.77. The van der Waals surface area contributed by atoms with Crippen molar-refractivity contribution in [2.24, 2.45) is 0 Å². The molecule has 1 fully saturated rings. The highest BCUT2D eigenvalue weighted by Crippen LogP contribution is 2.35. The minimum atomic E-state index is -0.485. The van der Waals surface area contributed by atoms with Gasteiger partial charge in [0.15, 0.2) is 11.5 Å². The van der Waals surface area contributed by atoms with Crippen LogP contribution < -0.4 is 19.7 Å². The van der Waals surface area contributed by atoms with Crippen molar-refractivity contribution >= 4 is 39.6 Å². The van der Waals surface area contributed by atoms with Gasteiger partial charge in [-0.1, -0.05) is 34.1 Å². The fourth-order valence-electron chi connectivity index (χ4n) is 2.59. The van der Waals surface area contributed by atoms with E-state index in [9.17, 15) is 9.59 Å². The normalized spacial score (nSPS) is 15.3. The van der Waals surface area contributed by atoms with E-state index in [1.54, 1.807) is 49.6 Å². The number of ether oxygens (including phenoxy) is 2. The summed E-state index contributed by atoms with van der Waals surface area (Å²) in [6.07, 6.45) is 1.60. The van der Waals surface area contributed by atoms with E-state index in [1.165, 1.54) is 0 Å². The summed E-state index contributed by atoms with van der Waals surface area (Å²) in [5.74, 6) is 0.719. The molecule has 134 valence electrons. The molecule has 1 saturated heterocycles. The molecule has 2 aromatic rings. The third-order valence-corrected chi connectivity index (χ3v) is 4.46. The highest BCUT2D eigenvalue weighted by molar-refractivity contribution is 9.10. The Morgan fingerprint density at radius 1 is 1.15 bits per heavy atom. The fourth-order valence-corrected chi connectivity index (χ4v) is 3.03. The lowest BCUT2D eigenvalue weighted by molar-refractivity contribution is -0.113. The molecule has 26 heavy (non-hydrogen) atoms. The van der Waals surface area contributed by atoms with Gasteiger partial charge in [0.1, 0.15) is 5.70 Å². The van der Waals surface area contributed by atoms with E-state index >= 15 is 0 Å². The summed E-state index contributed by atoms with van der Waals surface area (Å²) in [6.45, 7) is 2.39. The molecule has 0 bridgehead atoms. The predicted octanol–water partition coefficient (Wildman–Crippen LogP) is 3.95. The molecule has 0 saturated carbocycles. The van der Waals surface area contributed by atoms with Crippen molar-refractivity contribution < 1.29 is 19.1 Å². The zero-order valence-electron chi connectivity index (χ0n) is 14.3. The summed E-state index contributed by atoms with van der Waals surface area (Å²) < 4.78 is 11.6. The molecule has 6 nitrogen and oxygen atoms in total. The number of nitrogens with zero attached hydrogens (tertiary/aromatic N) is 1. The Morgan fingerprint density at radius 3 is 2.54 bits per heavy atom. The van der Waals surface area contributed by atoms with Gasteiger partial charge in [0.25, 0.3) is 5.91 Å². The number of para-hydroxylation sites is 1. The standard InChI is InChI=1S/C19H17BrN2O4/c1-3-26-17-11-14(20)12(10-16(17)25-2)9-15-18(23)22(19(24)21-15)13-7-5-4-6-8-13/h4-11H,3H2,1-2H3,(H,21,24)/b15-9+. The van der Waals surface area contributed by atoms with Gasteiger partial charge in [-0.05, 0) is 42.8 Å². The molecule has 0 atom stereocenters. The summed E-state index contributed by atoms with van der Waals surface area (Å²) in [5, 5.41) is 2.61. The molecule has 0 unspecified atom stereocenters. The second kappa shape index (κ2) is 7.61. The number of rotatable bonds is 5. The van der Waals surface area contributed by atoms with E-state index in [1.807, 2.05) is 13.0 Å². The average molecular weight is 417 g/mol. The zero-order chi connectivity index (χ0) is 18.7. The number of methoxy groups -OCH3 is 1. The number of carbonyl (C=O) groups is 2. The predicted molar refractivity (Wildman–Crippen MR) is 102 cm³/mol. The molecule has 2 aromatic carbocycles. The van der Waals surface area contributed by atoms with Crippen LogP contribution in [0.3, 0.4) is 0 Å². The van der Waals surface area contributed by atoms with Crippen LogP contribution in [0.25, 0.3) is 6.08 Å². The summed E-state index contributed by atoms with van der Waals surface area (Å²) in [5.41, 5.74) is 1.39. The molecule has 7 heteroatoms. The van der Waals surface area contributed by atoms with Gasteiger partial charge in [-0.2, -0.15) is 0 Å². The molecule has 0 aromatic heterocycles. The molecule has 0 spiro atoms. The summed E-state index contributed by atoms with van der Waals surface area (Å²) in [6, 6.07) is 11.8. The van der Waals surface area contributed by atoms with Gasteiger partial charge in [-0.15, -0.1) is 0 Å². The lowest BCUT2D eigenvalue weighted by Crippen LogP contribution is -2.30. The monoisotopic (exact) mass is 416 g/mol. The quantitative estimate of drug-likeness (QED) is 0.591. The van der Waals surface area contributed by atoms with Crippen LogP contribution in [-0.4, -0.2) is 25.7 Å². The van der Waals surface area contributed by atoms with E-state index in [-0.39, 0.29) is 5.70 Å². The summed E-state index contributed by atoms with van der Waals surface area (Å²) in [4.78, 5) is 26.0. The summed E-state index contributed by atoms with van der Waals surface area (Å²) >= 11 is 3.47. The maximum Gasteiger partial charge on any atom is 0.333 e. The number of nitrogens with one attached hydrogen (secondary N) is 1. The van der Waals surface area contributed by atoms with Crippen molar-refractivity contribution in [2.45, 2.75) is 6.92 Å². The molecule has 1 N–H and O–H groups in total. The maximum atomic E-state index is 12.7. The lowest BCUT2D eigenvalue weighted by atomic mass is 10.1. The van der Waals surface area contributed by atoms with Crippen LogP contribution >= 0.6 is 15.9 Å². The third-order valence-electron chi connectivity index (χ3n) is 3.78. The van der Waals surface area contributed by atoms with Gasteiger partial charge in [0, 0.05) is 4.47 Å². The van der Waals surface area contributed by atoms with Crippen LogP contribution in [0.5, 0.6) is 11.5 Å². The first-order chi connectivity index (χ1) is 12.5. The van der Waals surface area contributed by atoms with Gasteiger partial charge >= 0.3 is 6.03 Å². The van der Waals surface area contributed by atoms with Crippen LogP contribution in [-0.2, 0) is 4.79 Å². The van der Waals surface area contributed by atoms with Crippen LogP contribution in [0, 0.1) is 0 Å². The Hall–Kier alpha value is -2.80. The molecule has 0 aliphatic carbocycles. The number of halogens is 1. The van der Waals surface area contributed by atoms with Crippen LogP contribution in [0.2, 0.25) is 0 Å². The SMILES string of the molecule is CCOc1cc(Br)c(/C=C2/NC(=O)N(c3ccccc3)C2=O)cc1OC. The number of anilines is 1. The largest absolute Gasteiger partial charge is 0.493 e. The van der Waals surface area contributed by atoms with Crippen molar-refractivity contribution in [2.75, 3.05) is 18.6 Å². The van der Waals surface area contributed by atoms with Gasteiger partial charge in [0.2, 0.25) is 0 Å². The van der Waals surface area contributed by atoms with Crippen LogP contribution in [0.15, 0.2) is 52.6 Å². The van der Waals surface area contributed by atoms with Crippen molar-refractivity contribution in [3.8, 4) is 11.5 Å². The molecular weight excluding hydrogens is 400 g/mol. The molecule has 1 heterocycles. The van der Waals surface area contributed by atoms with Gasteiger partial charge in [-0.3, -0.25) is 4.79 Å². The Bertz CT molecular complexity index is 881. The highest BCUT2D eigenvalue weighted by Gasteiger charge is 2.34.